The van der Waals surface area contributed by atoms with Gasteiger partial charge in [0.1, 0.15) is 39.7 Å². The largest absolute Gasteiger partial charge is 0.508 e. The number of nitro groups is 2. The van der Waals surface area contributed by atoms with Crippen LogP contribution in [0.3, 0.4) is 0 Å². The highest BCUT2D eigenvalue weighted by atomic mass is 19.1. The molecule has 4 heterocycles. The Hall–Kier alpha value is -11.2. The van der Waals surface area contributed by atoms with E-state index in [0.29, 0.717) is 63.6 Å². The van der Waals surface area contributed by atoms with Gasteiger partial charge >= 0.3 is 30.3 Å². The Kier molecular flexibility index (Phi) is 31.1. The van der Waals surface area contributed by atoms with Gasteiger partial charge in [-0.25, -0.2) is 28.4 Å². The quantitative estimate of drug-likeness (QED) is 0.0357. The van der Waals surface area contributed by atoms with E-state index >= 15 is 0 Å². The second-order valence-corrected chi connectivity index (χ2v) is 28.1. The Bertz CT molecular complexity index is 3670. The van der Waals surface area contributed by atoms with Crippen molar-refractivity contribution in [1.82, 2.24) is 24.9 Å². The number of carboxylic acid groups (broad SMARTS) is 1. The van der Waals surface area contributed by atoms with Crippen molar-refractivity contribution in [3.8, 4) is 11.5 Å². The molecule has 4 fully saturated rings. The van der Waals surface area contributed by atoms with E-state index in [-0.39, 0.29) is 64.3 Å². The number of non-ortho nitro benzene ring substituents is 2. The number of nitrogens with zero attached hydrogens (tertiary/aromatic N) is 9. The summed E-state index contributed by atoms with van der Waals surface area (Å²) in [6.07, 6.45) is -0.997. The van der Waals surface area contributed by atoms with Gasteiger partial charge in [0, 0.05) is 163 Å². The molecule has 30 heteroatoms. The number of carboxylic acids is 1. The molecule has 0 spiro atoms. The SMILES string of the molecule is CC(C)(C)OC(=O)N1CCN(c2ccc(N)cc2)CC1.CC(C)(C)OC(=O)N1CCN(c2ccc(NC(=O)c3ccc(O)cc3)cc2)CC1.CC(C)(C)OC(=O)N1CCN(c2ccc([N+](=O)[O-])cc2)CC1.CC(C)(C)OC(=O)N1CCNCC1.O=C(O)c1ccc(O)cc1.O=[N+]([O-])c1ccc(F)cc1. The summed E-state index contributed by atoms with van der Waals surface area (Å²) in [5.41, 5.74) is 9.08. The van der Waals surface area contributed by atoms with E-state index in [0.717, 1.165) is 99.4 Å². The summed E-state index contributed by atoms with van der Waals surface area (Å²) in [5, 5.41) is 53.1. The fourth-order valence-corrected chi connectivity index (χ4v) is 9.80. The highest BCUT2D eigenvalue weighted by molar-refractivity contribution is 6.04. The fourth-order valence-electron chi connectivity index (χ4n) is 9.80. The van der Waals surface area contributed by atoms with Crippen LogP contribution in [0.25, 0.3) is 0 Å². The van der Waals surface area contributed by atoms with Crippen molar-refractivity contribution in [3.05, 3.63) is 183 Å². The lowest BCUT2D eigenvalue weighted by molar-refractivity contribution is -0.385. The van der Waals surface area contributed by atoms with Crippen LogP contribution in [0.1, 0.15) is 104 Å². The number of phenols is 2. The van der Waals surface area contributed by atoms with Crippen LogP contribution in [-0.2, 0) is 18.9 Å². The number of nitrogens with two attached hydrogens (primary N) is 1. The zero-order valence-corrected chi connectivity index (χ0v) is 61.2. The molecule has 0 atom stereocenters. The molecule has 7 N–H and O–H groups in total. The van der Waals surface area contributed by atoms with Crippen LogP contribution >= 0.6 is 0 Å². The van der Waals surface area contributed by atoms with Gasteiger partial charge in [-0.15, -0.1) is 0 Å². The van der Waals surface area contributed by atoms with Crippen molar-refractivity contribution in [2.45, 2.75) is 105 Å². The molecule has 0 aromatic heterocycles. The number of carbonyl (C=O) groups is 6. The van der Waals surface area contributed by atoms with Crippen LogP contribution in [-0.4, -0.2) is 208 Å². The third-order valence-electron chi connectivity index (χ3n) is 15.0. The Labute approximate surface area is 606 Å². The van der Waals surface area contributed by atoms with E-state index in [2.05, 4.69) is 25.3 Å². The monoisotopic (exact) mass is 1450 g/mol. The highest BCUT2D eigenvalue weighted by Crippen LogP contribution is 2.25. The van der Waals surface area contributed by atoms with Gasteiger partial charge in [-0.2, -0.15) is 0 Å². The van der Waals surface area contributed by atoms with E-state index in [9.17, 15) is 58.5 Å². The van der Waals surface area contributed by atoms with Gasteiger partial charge in [-0.1, -0.05) is 0 Å². The molecule has 6 aromatic carbocycles. The number of aromatic hydroxyl groups is 2. The van der Waals surface area contributed by atoms with E-state index in [1.807, 2.05) is 132 Å². The Morgan fingerprint density at radius 3 is 1.00 bits per heavy atom. The first kappa shape index (κ1) is 83.5. The highest BCUT2D eigenvalue weighted by Gasteiger charge is 2.30. The number of benzene rings is 6. The van der Waals surface area contributed by atoms with Crippen LogP contribution in [0.4, 0.5) is 63.4 Å². The average molecular weight is 1450 g/mol. The smallest absolute Gasteiger partial charge is 0.410 e. The minimum Gasteiger partial charge on any atom is -0.508 e. The molecule has 29 nitrogen and oxygen atoms in total. The number of hydrogen-bond donors (Lipinski definition) is 6. The maximum Gasteiger partial charge on any atom is 0.410 e. The van der Waals surface area contributed by atoms with E-state index in [1.165, 1.54) is 48.5 Å². The first-order valence-corrected chi connectivity index (χ1v) is 33.8. The molecular formula is C74H99FN12O17. The maximum atomic E-state index is 12.3. The predicted octanol–water partition coefficient (Wildman–Crippen LogP) is 12.3. The summed E-state index contributed by atoms with van der Waals surface area (Å²) in [6.45, 7) is 33.8. The number of hydrogen-bond acceptors (Lipinski definition) is 21. The molecule has 4 saturated heterocycles. The second kappa shape index (κ2) is 38.7. The molecule has 5 amide bonds. The van der Waals surface area contributed by atoms with Gasteiger partial charge in [0.2, 0.25) is 0 Å². The number of piperazine rings is 4. The Morgan fingerprint density at radius 2 is 0.702 bits per heavy atom. The minimum atomic E-state index is -0.986. The molecule has 0 aliphatic carbocycles. The third-order valence-corrected chi connectivity index (χ3v) is 15.0. The molecule has 564 valence electrons. The number of rotatable bonds is 8. The van der Waals surface area contributed by atoms with Crippen molar-refractivity contribution >= 4 is 76.1 Å². The summed E-state index contributed by atoms with van der Waals surface area (Å²) in [5.74, 6) is -1.49. The lowest BCUT2D eigenvalue weighted by atomic mass is 10.2. The summed E-state index contributed by atoms with van der Waals surface area (Å²) in [7, 11) is 0. The Balaban J connectivity index is 0.000000234. The van der Waals surface area contributed by atoms with E-state index in [1.54, 1.807) is 43.9 Å². The topological polar surface area (TPSA) is 359 Å². The number of aromatic carboxylic acids is 1. The number of halogens is 1. The number of nitrogens with one attached hydrogen (secondary N) is 2. The number of nitro benzene ring substituents is 2. The number of carbonyl (C=O) groups excluding carboxylic acids is 5. The molecule has 0 saturated carbocycles. The molecular weight excluding hydrogens is 1350 g/mol. The molecule has 6 aromatic rings. The zero-order valence-electron chi connectivity index (χ0n) is 61.2. The molecule has 0 unspecified atom stereocenters. The van der Waals surface area contributed by atoms with Crippen molar-refractivity contribution < 1.29 is 77.3 Å². The van der Waals surface area contributed by atoms with Crippen LogP contribution in [0, 0.1) is 26.0 Å². The zero-order chi connectivity index (χ0) is 77.1. The van der Waals surface area contributed by atoms with Gasteiger partial charge in [-0.3, -0.25) is 25.0 Å². The number of nitrogen functional groups attached to an aromatic ring is 1. The first-order valence-electron chi connectivity index (χ1n) is 33.8. The molecule has 104 heavy (non-hydrogen) atoms. The lowest BCUT2D eigenvalue weighted by Crippen LogP contribution is -2.50. The average Bonchev–Trinajstić information content (AvgIpc) is 0.849. The lowest BCUT2D eigenvalue weighted by Gasteiger charge is -2.36. The third kappa shape index (κ3) is 30.6. The van der Waals surface area contributed by atoms with E-state index in [4.69, 9.17) is 34.9 Å². The van der Waals surface area contributed by atoms with Crippen molar-refractivity contribution in [1.29, 1.82) is 0 Å². The molecule has 0 radical (unpaired) electrons. The van der Waals surface area contributed by atoms with Crippen LogP contribution < -0.4 is 31.1 Å². The number of amides is 5. The summed E-state index contributed by atoms with van der Waals surface area (Å²) >= 11 is 0. The second-order valence-electron chi connectivity index (χ2n) is 28.1. The minimum absolute atomic E-state index is 0.0741. The van der Waals surface area contributed by atoms with Gasteiger partial charge in [-0.05, 0) is 204 Å². The van der Waals surface area contributed by atoms with Crippen molar-refractivity contribution in [3.63, 3.8) is 0 Å². The number of ether oxygens (including phenoxy) is 4. The first-order chi connectivity index (χ1) is 48.7. The molecule has 4 aliphatic rings. The molecule has 4 aliphatic heterocycles. The van der Waals surface area contributed by atoms with Gasteiger partial charge in [0.15, 0.2) is 0 Å². The van der Waals surface area contributed by atoms with Crippen LogP contribution in [0.5, 0.6) is 11.5 Å². The predicted molar refractivity (Wildman–Crippen MR) is 395 cm³/mol. The fraction of sp³-hybridized carbons (Fsp3) is 0.432. The summed E-state index contributed by atoms with van der Waals surface area (Å²) in [4.78, 5) is 103. The van der Waals surface area contributed by atoms with Crippen molar-refractivity contribution in [2.24, 2.45) is 0 Å². The Morgan fingerprint density at radius 1 is 0.423 bits per heavy atom. The van der Waals surface area contributed by atoms with Gasteiger partial charge < -0.3 is 84.9 Å². The van der Waals surface area contributed by atoms with E-state index < -0.39 is 38.4 Å². The van der Waals surface area contributed by atoms with Crippen LogP contribution in [0.15, 0.2) is 146 Å². The number of anilines is 5. The van der Waals surface area contributed by atoms with Crippen molar-refractivity contribution in [2.75, 3.05) is 130 Å². The normalized spacial score (nSPS) is 14.5. The molecule has 0 bridgehead atoms. The number of phenolic OH excluding ortho intramolecular Hbond substituents is 2. The molecule has 10 rings (SSSR count). The summed E-state index contributed by atoms with van der Waals surface area (Å²) in [6, 6.07) is 37.7. The maximum absolute atomic E-state index is 12.3. The van der Waals surface area contributed by atoms with Gasteiger partial charge in [0.25, 0.3) is 17.3 Å². The van der Waals surface area contributed by atoms with Crippen LogP contribution in [0.2, 0.25) is 0 Å². The summed E-state index contributed by atoms with van der Waals surface area (Å²) < 4.78 is 33.5. The standard InChI is InChI=1S/C22H27N3O4.C15H21N3O4.C15H23N3O2.C9H18N2O2.C7H6O3.C6H4FNO2/c1-22(2,3)29-21(28)25-14-12-24(13-15-25)18-8-6-17(7-9-18)23-20(27)16-4-10-19(26)11-5-16;1-15(2,3)22-14(19)17-10-8-16(9-11-17)12-4-6-13(7-5-12)18(20)21;1-15(2,3)20-14(19)18-10-8-17(9-11-18)13-6-4-12(16)5-7-13;1-9(2,3)13-8(12)11-6-4-10-5-7-11;8-6-3-1-5(2-4-6)7(9)10;7-5-1-3-6(4-2-5)8(9)10/h4-11,26H,12-15H2,1-3H3,(H,23,27);4-7H,8-11H2,1-3H3;4-7H,8-11,16H2,1-3H3;10H,4-7H2,1-3H3;1-4,8H,(H,9,10);1-4H. The van der Waals surface area contributed by atoms with Gasteiger partial charge in [0.05, 0.1) is 15.4 Å².